The van der Waals surface area contributed by atoms with Gasteiger partial charge in [0.1, 0.15) is 17.8 Å². The zero-order chi connectivity index (χ0) is 13.1. The number of methoxy groups -OCH3 is 1. The van der Waals surface area contributed by atoms with E-state index >= 15 is 0 Å². The number of benzene rings is 1. The summed E-state index contributed by atoms with van der Waals surface area (Å²) >= 11 is 0. The monoisotopic (exact) mass is 244 g/mol. The number of ether oxygens (including phenoxy) is 1. The summed E-state index contributed by atoms with van der Waals surface area (Å²) in [6.07, 6.45) is 0.777. The number of rotatable bonds is 3. The fourth-order valence-electron chi connectivity index (χ4n) is 1.82. The third-order valence-electron chi connectivity index (χ3n) is 2.66. The summed E-state index contributed by atoms with van der Waals surface area (Å²) in [7, 11) is 1.50. The van der Waals surface area contributed by atoms with Crippen molar-refractivity contribution in [1.82, 2.24) is 0 Å². The van der Waals surface area contributed by atoms with Crippen molar-refractivity contribution in [1.29, 1.82) is 0 Å². The minimum absolute atomic E-state index is 0.447. The third-order valence-corrected chi connectivity index (χ3v) is 2.66. The first kappa shape index (κ1) is 12.1. The van der Waals surface area contributed by atoms with Crippen molar-refractivity contribution in [2.24, 2.45) is 0 Å². The van der Waals surface area contributed by atoms with Gasteiger partial charge in [0.2, 0.25) is 0 Å². The highest BCUT2D eigenvalue weighted by Gasteiger charge is 2.12. The molecule has 0 amide bonds. The number of aldehydes is 1. The molecule has 18 heavy (non-hydrogen) atoms. The number of hydrogen-bond donors (Lipinski definition) is 0. The summed E-state index contributed by atoms with van der Waals surface area (Å²) < 4.78 is 10.2. The number of hydrogen-bond acceptors (Lipinski definition) is 4. The van der Waals surface area contributed by atoms with Crippen molar-refractivity contribution < 1.29 is 13.9 Å². The van der Waals surface area contributed by atoms with Gasteiger partial charge in [-0.2, -0.15) is 0 Å². The highest BCUT2D eigenvalue weighted by Crippen LogP contribution is 2.31. The molecule has 2 aromatic rings. The first-order valence-electron chi connectivity index (χ1n) is 5.40. The van der Waals surface area contributed by atoms with Gasteiger partial charge in [0.05, 0.1) is 18.7 Å². The van der Waals surface area contributed by atoms with E-state index in [4.69, 9.17) is 9.15 Å². The minimum Gasteiger partial charge on any atom is -0.496 e. The topological polar surface area (TPSA) is 56.5 Å². The van der Waals surface area contributed by atoms with E-state index in [1.54, 1.807) is 31.2 Å². The Balaban J connectivity index is 2.61. The molecule has 0 saturated carbocycles. The second-order valence-electron chi connectivity index (χ2n) is 3.80. The maximum Gasteiger partial charge on any atom is 0.339 e. The van der Waals surface area contributed by atoms with Gasteiger partial charge < -0.3 is 9.15 Å². The molecular weight excluding hydrogens is 232 g/mol. The van der Waals surface area contributed by atoms with Crippen LogP contribution in [-0.2, 0) is 0 Å². The van der Waals surface area contributed by atoms with Crippen molar-refractivity contribution in [3.63, 3.8) is 0 Å². The van der Waals surface area contributed by atoms with Crippen molar-refractivity contribution in [3.8, 4) is 16.9 Å². The van der Waals surface area contributed by atoms with Crippen molar-refractivity contribution in [3.05, 3.63) is 52.1 Å². The van der Waals surface area contributed by atoms with E-state index in [2.05, 4.69) is 0 Å². The normalized spacial score (nSPS) is 10.1. The lowest BCUT2D eigenvalue weighted by Crippen LogP contribution is -2.02. The predicted molar refractivity (Wildman–Crippen MR) is 67.1 cm³/mol. The lowest BCUT2D eigenvalue weighted by Gasteiger charge is -2.10. The molecule has 0 bridgehead atoms. The lowest BCUT2D eigenvalue weighted by atomic mass is 10.0. The molecule has 0 atom stereocenters. The van der Waals surface area contributed by atoms with E-state index in [9.17, 15) is 9.59 Å². The Hall–Kier alpha value is -2.36. The number of aryl methyl sites for hydroxylation is 1. The summed E-state index contributed by atoms with van der Waals surface area (Å²) in [5.41, 5.74) is 1.69. The summed E-state index contributed by atoms with van der Waals surface area (Å²) in [5, 5.41) is 0. The fraction of sp³-hybridized carbons (Fsp3) is 0.143. The average molecular weight is 244 g/mol. The second-order valence-corrected chi connectivity index (χ2v) is 3.80. The molecule has 92 valence electrons. The molecule has 4 nitrogen and oxygen atoms in total. The molecule has 0 aliphatic carbocycles. The molecule has 0 aliphatic rings. The highest BCUT2D eigenvalue weighted by molar-refractivity contribution is 5.78. The average Bonchev–Trinajstić information content (AvgIpc) is 2.38. The molecular formula is C14H12O4. The molecule has 1 aromatic carbocycles. The van der Waals surface area contributed by atoms with Gasteiger partial charge in [0.15, 0.2) is 0 Å². The Morgan fingerprint density at radius 2 is 1.89 bits per heavy atom. The Morgan fingerprint density at radius 3 is 2.44 bits per heavy atom. The maximum absolute atomic E-state index is 11.3. The van der Waals surface area contributed by atoms with E-state index in [0.717, 1.165) is 17.4 Å². The molecule has 1 heterocycles. The van der Waals surface area contributed by atoms with Gasteiger partial charge >= 0.3 is 5.63 Å². The zero-order valence-corrected chi connectivity index (χ0v) is 10.1. The van der Waals surface area contributed by atoms with Crippen LogP contribution in [0.5, 0.6) is 5.75 Å². The van der Waals surface area contributed by atoms with Crippen LogP contribution >= 0.6 is 0 Å². The quantitative estimate of drug-likeness (QED) is 0.778. The molecule has 0 spiro atoms. The SMILES string of the molecule is COc1cc(=O)oc(C)c1-c1ccc(C=O)cc1. The van der Waals surface area contributed by atoms with Crippen LogP contribution in [0.2, 0.25) is 0 Å². The van der Waals surface area contributed by atoms with Gasteiger partial charge in [0, 0.05) is 5.56 Å². The summed E-state index contributed by atoms with van der Waals surface area (Å²) in [5.74, 6) is 0.945. The minimum atomic E-state index is -0.447. The molecule has 0 N–H and O–H groups in total. The smallest absolute Gasteiger partial charge is 0.339 e. The van der Waals surface area contributed by atoms with Crippen LogP contribution in [-0.4, -0.2) is 13.4 Å². The van der Waals surface area contributed by atoms with Crippen molar-refractivity contribution in [2.45, 2.75) is 6.92 Å². The van der Waals surface area contributed by atoms with Gasteiger partial charge in [-0.05, 0) is 12.5 Å². The van der Waals surface area contributed by atoms with E-state index in [-0.39, 0.29) is 0 Å². The first-order valence-corrected chi connectivity index (χ1v) is 5.40. The van der Waals surface area contributed by atoms with Crippen molar-refractivity contribution in [2.75, 3.05) is 7.11 Å². The summed E-state index contributed by atoms with van der Waals surface area (Å²) in [6.45, 7) is 1.70. The Labute approximate surface area is 104 Å². The van der Waals surface area contributed by atoms with E-state index in [1.807, 2.05) is 0 Å². The third kappa shape index (κ3) is 2.18. The van der Waals surface area contributed by atoms with Crippen LogP contribution in [0.1, 0.15) is 16.1 Å². The summed E-state index contributed by atoms with van der Waals surface area (Å²) in [4.78, 5) is 21.9. The highest BCUT2D eigenvalue weighted by atomic mass is 16.5. The molecule has 0 unspecified atom stereocenters. The van der Waals surface area contributed by atoms with Gasteiger partial charge in [-0.25, -0.2) is 4.79 Å². The standard InChI is InChI=1S/C14H12O4/c1-9-14(12(17-2)7-13(16)18-9)11-5-3-10(8-15)4-6-11/h3-8H,1-2H3. The molecule has 0 saturated heterocycles. The van der Waals surface area contributed by atoms with E-state index < -0.39 is 5.63 Å². The Bertz CT molecular complexity index is 623. The maximum atomic E-state index is 11.3. The molecule has 0 radical (unpaired) electrons. The second kappa shape index (κ2) is 4.87. The van der Waals surface area contributed by atoms with Crippen LogP contribution in [0, 0.1) is 6.92 Å². The van der Waals surface area contributed by atoms with Crippen LogP contribution < -0.4 is 10.4 Å². The van der Waals surface area contributed by atoms with Crippen molar-refractivity contribution >= 4 is 6.29 Å². The van der Waals surface area contributed by atoms with Crippen LogP contribution in [0.25, 0.3) is 11.1 Å². The Kier molecular flexibility index (Phi) is 3.28. The Morgan fingerprint density at radius 1 is 1.22 bits per heavy atom. The molecule has 2 rings (SSSR count). The van der Waals surface area contributed by atoms with E-state index in [1.165, 1.54) is 13.2 Å². The summed E-state index contributed by atoms with van der Waals surface area (Å²) in [6, 6.07) is 8.28. The van der Waals surface area contributed by atoms with Crippen LogP contribution in [0.4, 0.5) is 0 Å². The van der Waals surface area contributed by atoms with Crippen LogP contribution in [0.3, 0.4) is 0 Å². The largest absolute Gasteiger partial charge is 0.496 e. The predicted octanol–water partition coefficient (Wildman–Crippen LogP) is 2.44. The number of carbonyl (C=O) groups excluding carboxylic acids is 1. The number of carbonyl (C=O) groups is 1. The van der Waals surface area contributed by atoms with Gasteiger partial charge in [-0.15, -0.1) is 0 Å². The molecule has 0 aliphatic heterocycles. The molecule has 4 heteroatoms. The molecule has 0 fully saturated rings. The molecule has 1 aromatic heterocycles. The van der Waals surface area contributed by atoms with Gasteiger partial charge in [-0.1, -0.05) is 24.3 Å². The fourth-order valence-corrected chi connectivity index (χ4v) is 1.82. The first-order chi connectivity index (χ1) is 8.65. The van der Waals surface area contributed by atoms with Crippen LogP contribution in [0.15, 0.2) is 39.5 Å². The lowest BCUT2D eigenvalue weighted by molar-refractivity contribution is 0.112. The zero-order valence-electron chi connectivity index (χ0n) is 10.1. The van der Waals surface area contributed by atoms with Gasteiger partial charge in [0.25, 0.3) is 0 Å². The van der Waals surface area contributed by atoms with Gasteiger partial charge in [-0.3, -0.25) is 4.79 Å². The van der Waals surface area contributed by atoms with E-state index in [0.29, 0.717) is 17.1 Å².